The number of aromatic amines is 1. The fourth-order valence-electron chi connectivity index (χ4n) is 3.59. The van der Waals surface area contributed by atoms with E-state index in [0.717, 1.165) is 19.3 Å². The number of hydrogen-bond donors (Lipinski definition) is 1. The molecule has 0 spiro atoms. The molecule has 2 aromatic heterocycles. The summed E-state index contributed by atoms with van der Waals surface area (Å²) < 4.78 is 8.51. The highest BCUT2D eigenvalue weighted by atomic mass is 16.5. The van der Waals surface area contributed by atoms with Gasteiger partial charge in [0.25, 0.3) is 5.56 Å². The lowest BCUT2D eigenvalue weighted by atomic mass is 10.1. The SMILES string of the molecule is CCCCn1c(=O)[nH]c(=O)c2c1nc(COC(=O)C1CCN(C)C1=O)n2CCC. The summed E-state index contributed by atoms with van der Waals surface area (Å²) in [6, 6.07) is 0. The molecule has 0 aliphatic carbocycles. The maximum absolute atomic E-state index is 12.5. The molecule has 1 fully saturated rings. The zero-order chi connectivity index (χ0) is 21.1. The predicted octanol–water partition coefficient (Wildman–Crippen LogP) is 0.618. The van der Waals surface area contributed by atoms with Crippen molar-refractivity contribution in [2.75, 3.05) is 13.6 Å². The number of nitrogens with one attached hydrogen (secondary N) is 1. The van der Waals surface area contributed by atoms with Crippen molar-refractivity contribution in [1.82, 2.24) is 24.0 Å². The number of esters is 1. The van der Waals surface area contributed by atoms with Gasteiger partial charge in [-0.3, -0.25) is 23.9 Å². The highest BCUT2D eigenvalue weighted by Gasteiger charge is 2.36. The first-order chi connectivity index (χ1) is 13.9. The summed E-state index contributed by atoms with van der Waals surface area (Å²) in [6.07, 6.45) is 2.81. The van der Waals surface area contributed by atoms with Gasteiger partial charge in [-0.1, -0.05) is 20.3 Å². The van der Waals surface area contributed by atoms with Crippen LogP contribution in [0.3, 0.4) is 0 Å². The Balaban J connectivity index is 1.94. The second-order valence-electron chi connectivity index (χ2n) is 7.33. The van der Waals surface area contributed by atoms with E-state index in [1.165, 1.54) is 9.47 Å². The number of nitrogens with zero attached hydrogens (tertiary/aromatic N) is 4. The molecule has 158 valence electrons. The summed E-state index contributed by atoms with van der Waals surface area (Å²) in [6.45, 7) is 5.25. The Hall–Kier alpha value is -2.91. The highest BCUT2D eigenvalue weighted by Crippen LogP contribution is 2.19. The third-order valence-electron chi connectivity index (χ3n) is 5.20. The minimum absolute atomic E-state index is 0.164. The highest BCUT2D eigenvalue weighted by molar-refractivity contribution is 5.99. The summed E-state index contributed by atoms with van der Waals surface area (Å²) in [5.41, 5.74) is -0.419. The minimum Gasteiger partial charge on any atom is -0.457 e. The van der Waals surface area contributed by atoms with Gasteiger partial charge in [0.05, 0.1) is 0 Å². The minimum atomic E-state index is -0.796. The quantitative estimate of drug-likeness (QED) is 0.508. The van der Waals surface area contributed by atoms with Gasteiger partial charge in [0, 0.05) is 26.7 Å². The lowest BCUT2D eigenvalue weighted by Crippen LogP contribution is -2.31. The van der Waals surface area contributed by atoms with Gasteiger partial charge in [-0.15, -0.1) is 0 Å². The molecule has 2 aromatic rings. The van der Waals surface area contributed by atoms with Crippen LogP contribution in [0.15, 0.2) is 9.59 Å². The van der Waals surface area contributed by atoms with Crippen LogP contribution < -0.4 is 11.2 Å². The van der Waals surface area contributed by atoms with E-state index >= 15 is 0 Å². The maximum atomic E-state index is 12.5. The van der Waals surface area contributed by atoms with Crippen molar-refractivity contribution >= 4 is 23.0 Å². The fraction of sp³-hybridized carbons (Fsp3) is 0.632. The molecule has 1 N–H and O–H groups in total. The van der Waals surface area contributed by atoms with Crippen LogP contribution in [0, 0.1) is 5.92 Å². The van der Waals surface area contributed by atoms with Crippen LogP contribution in [0.25, 0.3) is 11.2 Å². The van der Waals surface area contributed by atoms with Gasteiger partial charge >= 0.3 is 11.7 Å². The van der Waals surface area contributed by atoms with Gasteiger partial charge in [0.15, 0.2) is 11.2 Å². The van der Waals surface area contributed by atoms with E-state index in [1.54, 1.807) is 11.6 Å². The van der Waals surface area contributed by atoms with Crippen molar-refractivity contribution in [1.29, 1.82) is 0 Å². The van der Waals surface area contributed by atoms with Gasteiger partial charge < -0.3 is 14.2 Å². The van der Waals surface area contributed by atoms with Crippen molar-refractivity contribution in [3.8, 4) is 0 Å². The second-order valence-corrected chi connectivity index (χ2v) is 7.33. The van der Waals surface area contributed by atoms with Gasteiger partial charge in [0.1, 0.15) is 18.3 Å². The summed E-state index contributed by atoms with van der Waals surface area (Å²) in [4.78, 5) is 57.5. The third kappa shape index (κ3) is 3.96. The van der Waals surface area contributed by atoms with E-state index in [4.69, 9.17) is 4.74 Å². The average molecular weight is 405 g/mol. The molecule has 0 aromatic carbocycles. The van der Waals surface area contributed by atoms with Crippen molar-refractivity contribution in [3.05, 3.63) is 26.7 Å². The predicted molar refractivity (Wildman–Crippen MR) is 105 cm³/mol. The van der Waals surface area contributed by atoms with E-state index in [2.05, 4.69) is 9.97 Å². The van der Waals surface area contributed by atoms with E-state index in [1.807, 2.05) is 13.8 Å². The van der Waals surface area contributed by atoms with E-state index in [9.17, 15) is 19.2 Å². The van der Waals surface area contributed by atoms with Crippen LogP contribution in [-0.4, -0.2) is 49.5 Å². The average Bonchev–Trinajstić information content (AvgIpc) is 3.21. The van der Waals surface area contributed by atoms with Crippen LogP contribution in [0.4, 0.5) is 0 Å². The number of H-pyrrole nitrogens is 1. The van der Waals surface area contributed by atoms with Crippen LogP contribution in [0.5, 0.6) is 0 Å². The van der Waals surface area contributed by atoms with Crippen molar-refractivity contribution in [2.45, 2.75) is 59.2 Å². The Morgan fingerprint density at radius 2 is 1.93 bits per heavy atom. The molecular weight excluding hydrogens is 378 g/mol. The topological polar surface area (TPSA) is 119 Å². The summed E-state index contributed by atoms with van der Waals surface area (Å²) in [5, 5.41) is 0. The zero-order valence-corrected chi connectivity index (χ0v) is 17.1. The molecule has 1 aliphatic rings. The Morgan fingerprint density at radius 1 is 1.17 bits per heavy atom. The fourth-order valence-corrected chi connectivity index (χ4v) is 3.59. The van der Waals surface area contributed by atoms with Crippen molar-refractivity contribution < 1.29 is 14.3 Å². The first-order valence-electron chi connectivity index (χ1n) is 10.0. The Morgan fingerprint density at radius 3 is 2.55 bits per heavy atom. The zero-order valence-electron chi connectivity index (χ0n) is 17.1. The number of rotatable bonds is 8. The first-order valence-corrected chi connectivity index (χ1v) is 10.0. The number of carbonyl (C=O) groups is 2. The molecule has 29 heavy (non-hydrogen) atoms. The molecule has 1 atom stereocenters. The van der Waals surface area contributed by atoms with Gasteiger partial charge in [-0.25, -0.2) is 9.78 Å². The van der Waals surface area contributed by atoms with E-state index < -0.39 is 23.1 Å². The number of likely N-dealkylation sites (tertiary alicyclic amines) is 1. The van der Waals surface area contributed by atoms with Crippen LogP contribution in [0.1, 0.15) is 45.4 Å². The molecule has 1 saturated heterocycles. The smallest absolute Gasteiger partial charge is 0.330 e. The number of carbonyl (C=O) groups excluding carboxylic acids is 2. The van der Waals surface area contributed by atoms with Gasteiger partial charge in [0.2, 0.25) is 5.91 Å². The number of hydrogen-bond acceptors (Lipinski definition) is 6. The molecular formula is C19H27N5O5. The normalized spacial score (nSPS) is 16.7. The maximum Gasteiger partial charge on any atom is 0.330 e. The van der Waals surface area contributed by atoms with Crippen LogP contribution >= 0.6 is 0 Å². The number of aromatic nitrogens is 4. The molecule has 10 heteroatoms. The largest absolute Gasteiger partial charge is 0.457 e. The molecule has 3 heterocycles. The molecule has 0 saturated carbocycles. The lowest BCUT2D eigenvalue weighted by Gasteiger charge is -2.11. The number of aryl methyl sites for hydroxylation is 2. The third-order valence-corrected chi connectivity index (χ3v) is 5.20. The molecule has 0 radical (unpaired) electrons. The van der Waals surface area contributed by atoms with Crippen LogP contribution in [0.2, 0.25) is 0 Å². The van der Waals surface area contributed by atoms with Crippen molar-refractivity contribution in [3.63, 3.8) is 0 Å². The van der Waals surface area contributed by atoms with Gasteiger partial charge in [-0.05, 0) is 19.3 Å². The molecule has 1 unspecified atom stereocenters. The molecule has 1 amide bonds. The summed E-state index contributed by atoms with van der Waals surface area (Å²) >= 11 is 0. The summed E-state index contributed by atoms with van der Waals surface area (Å²) in [5.74, 6) is -1.25. The molecule has 10 nitrogen and oxygen atoms in total. The summed E-state index contributed by atoms with van der Waals surface area (Å²) in [7, 11) is 1.65. The molecule has 3 rings (SSSR count). The first kappa shape index (κ1) is 20.8. The number of unbranched alkanes of at least 4 members (excludes halogenated alkanes) is 1. The van der Waals surface area contributed by atoms with E-state index in [-0.39, 0.29) is 12.5 Å². The van der Waals surface area contributed by atoms with Crippen molar-refractivity contribution in [2.24, 2.45) is 5.92 Å². The number of fused-ring (bicyclic) bond motifs is 1. The number of ether oxygens (including phenoxy) is 1. The number of imidazole rings is 1. The molecule has 1 aliphatic heterocycles. The lowest BCUT2D eigenvalue weighted by molar-refractivity contribution is -0.154. The standard InChI is InChI=1S/C19H27N5O5/c1-4-6-9-24-15-14(16(25)21-19(24)28)23(8-5-2)13(20-15)11-29-18(27)12-7-10-22(3)17(12)26/h12H,4-11H2,1-3H3,(H,21,25,28). The Bertz CT molecular complexity index is 1030. The van der Waals surface area contributed by atoms with Crippen LogP contribution in [-0.2, 0) is 34.0 Å². The van der Waals surface area contributed by atoms with Gasteiger partial charge in [-0.2, -0.15) is 0 Å². The Labute approximate surface area is 167 Å². The number of amides is 1. The van der Waals surface area contributed by atoms with E-state index in [0.29, 0.717) is 43.0 Å². The Kier molecular flexibility index (Phi) is 6.19. The monoisotopic (exact) mass is 405 g/mol. The second kappa shape index (κ2) is 8.62. The molecule has 0 bridgehead atoms.